The fraction of sp³-hybridized carbons (Fsp3) is 0.350. The summed E-state index contributed by atoms with van der Waals surface area (Å²) >= 11 is 6.03. The summed E-state index contributed by atoms with van der Waals surface area (Å²) in [5.41, 5.74) is 0.677. The van der Waals surface area contributed by atoms with Gasteiger partial charge in [-0.25, -0.2) is 8.42 Å². The Bertz CT molecular complexity index is 1010. The van der Waals surface area contributed by atoms with Gasteiger partial charge in [0.2, 0.25) is 0 Å². The zero-order valence-electron chi connectivity index (χ0n) is 15.2. The normalized spacial score (nSPS) is 19.7. The predicted molar refractivity (Wildman–Crippen MR) is 107 cm³/mol. The van der Waals surface area contributed by atoms with E-state index in [9.17, 15) is 13.2 Å². The predicted octanol–water partition coefficient (Wildman–Crippen LogP) is 3.92. The van der Waals surface area contributed by atoms with Crippen molar-refractivity contribution in [2.45, 2.75) is 36.6 Å². The van der Waals surface area contributed by atoms with Gasteiger partial charge in [0.15, 0.2) is 0 Å². The van der Waals surface area contributed by atoms with Gasteiger partial charge in [0.05, 0.1) is 17.2 Å². The average Bonchev–Trinajstić information content (AvgIpc) is 2.67. The molecule has 0 spiro atoms. The molecule has 1 saturated heterocycles. The molecule has 1 amide bonds. The van der Waals surface area contributed by atoms with E-state index in [2.05, 4.69) is 4.72 Å². The van der Waals surface area contributed by atoms with E-state index in [1.807, 2.05) is 4.90 Å². The second-order valence-electron chi connectivity index (χ2n) is 7.03. The van der Waals surface area contributed by atoms with Crippen LogP contribution < -0.4 is 9.46 Å². The van der Waals surface area contributed by atoms with Gasteiger partial charge in [-0.05, 0) is 49.6 Å². The minimum atomic E-state index is -3.88. The van der Waals surface area contributed by atoms with Crippen LogP contribution in [0.15, 0.2) is 47.4 Å². The van der Waals surface area contributed by atoms with Crippen LogP contribution in [0.25, 0.3) is 0 Å². The van der Waals surface area contributed by atoms with E-state index in [-0.39, 0.29) is 21.9 Å². The Hall–Kier alpha value is -2.25. The maximum atomic E-state index is 13.1. The number of ether oxygens (including phenoxy) is 1. The molecule has 148 valence electrons. The van der Waals surface area contributed by atoms with Crippen molar-refractivity contribution < 1.29 is 17.9 Å². The van der Waals surface area contributed by atoms with Gasteiger partial charge in [0, 0.05) is 24.7 Å². The highest BCUT2D eigenvalue weighted by Gasteiger charge is 2.31. The lowest BCUT2D eigenvalue weighted by molar-refractivity contribution is 0.0548. The number of anilines is 1. The van der Waals surface area contributed by atoms with E-state index in [0.29, 0.717) is 23.6 Å². The Morgan fingerprint density at radius 2 is 1.93 bits per heavy atom. The topological polar surface area (TPSA) is 75.7 Å². The Labute approximate surface area is 169 Å². The van der Waals surface area contributed by atoms with Gasteiger partial charge >= 0.3 is 0 Å². The van der Waals surface area contributed by atoms with Crippen LogP contribution in [0, 0.1) is 0 Å². The maximum Gasteiger partial charge on any atom is 0.263 e. The third-order valence-electron chi connectivity index (χ3n) is 5.18. The zero-order chi connectivity index (χ0) is 19.7. The van der Waals surface area contributed by atoms with Gasteiger partial charge in [0.25, 0.3) is 15.9 Å². The largest absolute Gasteiger partial charge is 0.493 e. The van der Waals surface area contributed by atoms with Crippen LogP contribution in [-0.2, 0) is 10.0 Å². The SMILES string of the molecule is O=C1c2cc(NS(=O)(=O)c3ccccc3Cl)ccc2OCCC2CCCCN12. The fourth-order valence-corrected chi connectivity index (χ4v) is 5.36. The molecule has 0 aromatic heterocycles. The van der Waals surface area contributed by atoms with Gasteiger partial charge in [-0.15, -0.1) is 0 Å². The standard InChI is InChI=1S/C20H21ClN2O4S/c21-17-6-1-2-7-19(17)28(25,26)22-14-8-9-18-16(13-14)20(24)23-11-4-3-5-15(23)10-12-27-18/h1-2,6-9,13,15,22H,3-5,10-12H2. The molecule has 28 heavy (non-hydrogen) atoms. The van der Waals surface area contributed by atoms with Gasteiger partial charge in [0.1, 0.15) is 10.6 Å². The molecule has 2 aliphatic heterocycles. The van der Waals surface area contributed by atoms with Crippen LogP contribution >= 0.6 is 11.6 Å². The summed E-state index contributed by atoms with van der Waals surface area (Å²) < 4.78 is 33.7. The lowest BCUT2D eigenvalue weighted by Gasteiger charge is -2.37. The molecular weight excluding hydrogens is 400 g/mol. The number of halogens is 1. The van der Waals surface area contributed by atoms with Gasteiger partial charge in [-0.2, -0.15) is 0 Å². The summed E-state index contributed by atoms with van der Waals surface area (Å²) in [5.74, 6) is 0.368. The number of nitrogens with one attached hydrogen (secondary N) is 1. The first-order valence-corrected chi connectivity index (χ1v) is 11.2. The Morgan fingerprint density at radius 3 is 2.75 bits per heavy atom. The minimum absolute atomic E-state index is 0.0120. The summed E-state index contributed by atoms with van der Waals surface area (Å²) in [6.45, 7) is 1.25. The van der Waals surface area contributed by atoms with E-state index in [1.165, 1.54) is 12.1 Å². The van der Waals surface area contributed by atoms with Crippen molar-refractivity contribution in [2.24, 2.45) is 0 Å². The first kappa shape index (κ1) is 19.1. The molecule has 4 rings (SSSR count). The molecule has 6 nitrogen and oxygen atoms in total. The number of hydrogen-bond acceptors (Lipinski definition) is 4. The molecule has 2 heterocycles. The zero-order valence-corrected chi connectivity index (χ0v) is 16.8. The number of benzene rings is 2. The molecule has 0 aliphatic carbocycles. The molecule has 1 fully saturated rings. The van der Waals surface area contributed by atoms with Crippen LogP contribution in [0.1, 0.15) is 36.0 Å². The van der Waals surface area contributed by atoms with Crippen LogP contribution in [-0.4, -0.2) is 38.4 Å². The molecule has 2 aromatic carbocycles. The highest BCUT2D eigenvalue weighted by molar-refractivity contribution is 7.92. The molecule has 1 unspecified atom stereocenters. The van der Waals surface area contributed by atoms with Crippen LogP contribution in [0.3, 0.4) is 0 Å². The number of hydrogen-bond donors (Lipinski definition) is 1. The third-order valence-corrected chi connectivity index (χ3v) is 7.07. The van der Waals surface area contributed by atoms with E-state index in [4.69, 9.17) is 16.3 Å². The number of nitrogens with zero attached hydrogens (tertiary/aromatic N) is 1. The van der Waals surface area contributed by atoms with Gasteiger partial charge < -0.3 is 9.64 Å². The lowest BCUT2D eigenvalue weighted by Crippen LogP contribution is -2.45. The number of piperidine rings is 1. The molecular formula is C20H21ClN2O4S. The van der Waals surface area contributed by atoms with Crippen molar-refractivity contribution in [2.75, 3.05) is 17.9 Å². The van der Waals surface area contributed by atoms with E-state index in [1.54, 1.807) is 30.3 Å². The highest BCUT2D eigenvalue weighted by Crippen LogP contribution is 2.32. The van der Waals surface area contributed by atoms with E-state index >= 15 is 0 Å². The second-order valence-corrected chi connectivity index (χ2v) is 9.09. The number of carbonyl (C=O) groups excluding carboxylic acids is 1. The molecule has 0 radical (unpaired) electrons. The second kappa shape index (κ2) is 7.64. The number of sulfonamides is 1. The van der Waals surface area contributed by atoms with Crippen molar-refractivity contribution in [1.29, 1.82) is 0 Å². The smallest absolute Gasteiger partial charge is 0.263 e. The Kier molecular flexibility index (Phi) is 5.21. The van der Waals surface area contributed by atoms with Crippen LogP contribution in [0.4, 0.5) is 5.69 Å². The first-order chi connectivity index (χ1) is 13.5. The van der Waals surface area contributed by atoms with Gasteiger partial charge in [-0.1, -0.05) is 23.7 Å². The number of fused-ring (bicyclic) bond motifs is 2. The van der Waals surface area contributed by atoms with Gasteiger partial charge in [-0.3, -0.25) is 9.52 Å². The summed E-state index contributed by atoms with van der Waals surface area (Å²) in [7, 11) is -3.88. The molecule has 1 atom stereocenters. The Morgan fingerprint density at radius 1 is 1.11 bits per heavy atom. The highest BCUT2D eigenvalue weighted by atomic mass is 35.5. The van der Waals surface area contributed by atoms with Crippen molar-refractivity contribution in [1.82, 2.24) is 4.90 Å². The first-order valence-electron chi connectivity index (χ1n) is 9.31. The quantitative estimate of drug-likeness (QED) is 0.816. The molecule has 0 saturated carbocycles. The maximum absolute atomic E-state index is 13.1. The molecule has 0 bridgehead atoms. The molecule has 8 heteroatoms. The monoisotopic (exact) mass is 420 g/mol. The van der Waals surface area contributed by atoms with E-state index < -0.39 is 10.0 Å². The average molecular weight is 421 g/mol. The van der Waals surface area contributed by atoms with Crippen molar-refractivity contribution in [3.63, 3.8) is 0 Å². The lowest BCUT2D eigenvalue weighted by atomic mass is 9.97. The number of rotatable bonds is 3. The number of amides is 1. The Balaban J connectivity index is 1.66. The van der Waals surface area contributed by atoms with Crippen molar-refractivity contribution >= 4 is 33.2 Å². The number of carbonyl (C=O) groups is 1. The summed E-state index contributed by atoms with van der Waals surface area (Å²) in [5, 5.41) is 0.136. The molecule has 2 aliphatic rings. The molecule has 2 aromatic rings. The van der Waals surface area contributed by atoms with Crippen molar-refractivity contribution in [3.8, 4) is 5.75 Å². The summed E-state index contributed by atoms with van der Waals surface area (Å²) in [4.78, 5) is 15.0. The van der Waals surface area contributed by atoms with Crippen molar-refractivity contribution in [3.05, 3.63) is 53.1 Å². The summed E-state index contributed by atoms with van der Waals surface area (Å²) in [6.07, 6.45) is 3.88. The van der Waals surface area contributed by atoms with Crippen LogP contribution in [0.5, 0.6) is 5.75 Å². The van der Waals surface area contributed by atoms with Crippen LogP contribution in [0.2, 0.25) is 5.02 Å². The fourth-order valence-electron chi connectivity index (χ4n) is 3.79. The third kappa shape index (κ3) is 3.69. The summed E-state index contributed by atoms with van der Waals surface area (Å²) in [6, 6.07) is 11.2. The molecule has 1 N–H and O–H groups in total. The minimum Gasteiger partial charge on any atom is -0.493 e. The van der Waals surface area contributed by atoms with E-state index in [0.717, 1.165) is 32.2 Å².